The molecular formula is C25H56BrO6-. The van der Waals surface area contributed by atoms with Crippen molar-refractivity contribution in [2.24, 2.45) is 11.8 Å². The molecule has 2 unspecified atom stereocenters. The van der Waals surface area contributed by atoms with Crippen molar-refractivity contribution in [2.75, 3.05) is 64.8 Å². The molecule has 0 amide bonds. The molecule has 2 aliphatic rings. The van der Waals surface area contributed by atoms with E-state index >= 15 is 0 Å². The summed E-state index contributed by atoms with van der Waals surface area (Å²) in [6.45, 7) is 23.1. The molecule has 7 heteroatoms. The van der Waals surface area contributed by atoms with Gasteiger partial charge in [0.2, 0.25) is 0 Å². The van der Waals surface area contributed by atoms with Crippen molar-refractivity contribution in [3.63, 3.8) is 0 Å². The Morgan fingerprint density at radius 1 is 0.938 bits per heavy atom. The third-order valence-electron chi connectivity index (χ3n) is 3.38. The zero-order valence-corrected chi connectivity index (χ0v) is 23.2. The van der Waals surface area contributed by atoms with Crippen LogP contribution in [0.15, 0.2) is 0 Å². The number of hydrogen-bond donors (Lipinski definition) is 0. The van der Waals surface area contributed by atoms with Crippen molar-refractivity contribution in [2.45, 2.75) is 87.9 Å². The predicted molar refractivity (Wildman–Crippen MR) is 139 cm³/mol. The number of ether oxygens (including phenoxy) is 5. The Labute approximate surface area is 209 Å². The Morgan fingerprint density at radius 3 is 1.59 bits per heavy atom. The molecule has 2 saturated heterocycles. The number of hydrogen-bond acceptors (Lipinski definition) is 6. The van der Waals surface area contributed by atoms with Gasteiger partial charge in [-0.1, -0.05) is 77.7 Å². The van der Waals surface area contributed by atoms with E-state index < -0.39 is 0 Å². The Morgan fingerprint density at radius 2 is 1.38 bits per heavy atom. The van der Waals surface area contributed by atoms with Crippen LogP contribution in [0.5, 0.6) is 0 Å². The van der Waals surface area contributed by atoms with E-state index in [0.717, 1.165) is 44.8 Å². The molecule has 0 aliphatic carbocycles. The summed E-state index contributed by atoms with van der Waals surface area (Å²) in [7, 11) is 0. The first-order valence-corrected chi connectivity index (χ1v) is 13.0. The molecule has 2 atom stereocenters. The summed E-state index contributed by atoms with van der Waals surface area (Å²) >= 11 is 3.15. The first kappa shape index (κ1) is 39.5. The van der Waals surface area contributed by atoms with Crippen molar-refractivity contribution in [3.05, 3.63) is 0 Å². The highest BCUT2D eigenvalue weighted by atomic mass is 79.9. The first-order valence-electron chi connectivity index (χ1n) is 11.9. The van der Waals surface area contributed by atoms with E-state index in [0.29, 0.717) is 37.8 Å². The zero-order valence-electron chi connectivity index (χ0n) is 21.6. The lowest BCUT2D eigenvalue weighted by atomic mass is 10.2. The fourth-order valence-electron chi connectivity index (χ4n) is 1.47. The number of epoxide rings is 2. The van der Waals surface area contributed by atoms with Gasteiger partial charge in [-0.05, 0) is 25.7 Å². The van der Waals surface area contributed by atoms with E-state index in [1.807, 2.05) is 27.7 Å². The van der Waals surface area contributed by atoms with E-state index in [9.17, 15) is 5.11 Å². The maximum absolute atomic E-state index is 9.63. The monoisotopic (exact) mass is 531 g/mol. The Hall–Kier alpha value is 0.240. The largest absolute Gasteiger partial charge is 0.854 e. The molecule has 0 N–H and O–H groups in total. The molecule has 2 aliphatic heterocycles. The van der Waals surface area contributed by atoms with Crippen LogP contribution in [0, 0.1) is 11.8 Å². The van der Waals surface area contributed by atoms with Crippen LogP contribution in [0.1, 0.15) is 75.7 Å². The van der Waals surface area contributed by atoms with E-state index in [2.05, 4.69) is 48.4 Å². The molecule has 2 heterocycles. The third kappa shape index (κ3) is 52.3. The molecule has 6 nitrogen and oxygen atoms in total. The maximum Gasteiger partial charge on any atom is 0.0807 e. The fourth-order valence-corrected chi connectivity index (χ4v) is 1.47. The lowest BCUT2D eigenvalue weighted by Gasteiger charge is -2.15. The SMILES string of the molecule is C.C1CO1.CC(C)C[O-].CCBr.CCC1CO1.CCOC(CC)COCCOCC(C)C. The second-order valence-corrected chi connectivity index (χ2v) is 8.95. The Kier molecular flexibility index (Phi) is 41.2. The van der Waals surface area contributed by atoms with Crippen LogP contribution in [0.4, 0.5) is 0 Å². The lowest BCUT2D eigenvalue weighted by molar-refractivity contribution is -0.376. The van der Waals surface area contributed by atoms with Crippen molar-refractivity contribution in [1.82, 2.24) is 0 Å². The van der Waals surface area contributed by atoms with E-state index in [-0.39, 0.29) is 20.1 Å². The van der Waals surface area contributed by atoms with Crippen LogP contribution in [0.25, 0.3) is 0 Å². The van der Waals surface area contributed by atoms with E-state index in [4.69, 9.17) is 18.9 Å². The van der Waals surface area contributed by atoms with Gasteiger partial charge in [-0.25, -0.2) is 0 Å². The van der Waals surface area contributed by atoms with Gasteiger partial charge >= 0.3 is 0 Å². The first-order chi connectivity index (χ1) is 14.8. The highest BCUT2D eigenvalue weighted by molar-refractivity contribution is 9.09. The van der Waals surface area contributed by atoms with Crippen LogP contribution in [0.3, 0.4) is 0 Å². The Balaban J connectivity index is -0.000000186. The van der Waals surface area contributed by atoms with Crippen molar-refractivity contribution in [3.8, 4) is 0 Å². The topological polar surface area (TPSA) is 75.8 Å². The van der Waals surface area contributed by atoms with Crippen LogP contribution in [-0.2, 0) is 23.7 Å². The quantitative estimate of drug-likeness (QED) is 0.192. The molecule has 0 spiro atoms. The van der Waals surface area contributed by atoms with Gasteiger partial charge in [-0.2, -0.15) is 0 Å². The molecule has 0 aromatic heterocycles. The van der Waals surface area contributed by atoms with Crippen LogP contribution in [0.2, 0.25) is 0 Å². The maximum atomic E-state index is 9.63. The minimum Gasteiger partial charge on any atom is -0.854 e. The minimum atomic E-state index is 0. The summed E-state index contributed by atoms with van der Waals surface area (Å²) in [5, 5.41) is 10.7. The van der Waals surface area contributed by atoms with Gasteiger partial charge in [0.25, 0.3) is 0 Å². The van der Waals surface area contributed by atoms with Gasteiger partial charge < -0.3 is 28.8 Å². The molecule has 2 rings (SSSR count). The molecule has 0 saturated carbocycles. The average Bonchev–Trinajstić information content (AvgIpc) is 3.62. The van der Waals surface area contributed by atoms with Crippen molar-refractivity contribution < 1.29 is 28.8 Å². The van der Waals surface area contributed by atoms with Gasteiger partial charge in [0.1, 0.15) is 0 Å². The summed E-state index contributed by atoms with van der Waals surface area (Å²) in [6.07, 6.45) is 3.07. The van der Waals surface area contributed by atoms with Gasteiger partial charge in [-0.3, -0.25) is 0 Å². The standard InChI is InChI=1S/C12H26O3.C4H8O.C4H9O.C2H5Br.C2H4O.CH4/c1-5-12(15-6-2)10-14-8-7-13-9-11(3)4;1-2-4-3-5-4;1-4(2)3-5;1-2-3;1-2-3-1;/h11-12H,5-10H2,1-4H3;4H,2-3H2,1H3;4H,3H2,1-2H3;2H2,1H3;1-2H2;1H4/q;;-1;;;. The molecular weight excluding hydrogens is 476 g/mol. The molecule has 200 valence electrons. The zero-order chi connectivity index (χ0) is 24.3. The fraction of sp³-hybridized carbons (Fsp3) is 1.00. The summed E-state index contributed by atoms with van der Waals surface area (Å²) in [6, 6.07) is 0. The summed E-state index contributed by atoms with van der Waals surface area (Å²) in [5.41, 5.74) is 0. The van der Waals surface area contributed by atoms with E-state index in [1.54, 1.807) is 0 Å². The molecule has 0 bridgehead atoms. The second kappa shape index (κ2) is 33.4. The molecule has 0 radical (unpaired) electrons. The normalized spacial score (nSPS) is 15.9. The highest BCUT2D eigenvalue weighted by Gasteiger charge is 2.18. The van der Waals surface area contributed by atoms with Gasteiger partial charge in [0.05, 0.1) is 51.8 Å². The average molecular weight is 533 g/mol. The van der Waals surface area contributed by atoms with Gasteiger partial charge in [0.15, 0.2) is 0 Å². The predicted octanol–water partition coefficient (Wildman–Crippen LogP) is 5.34. The number of rotatable bonds is 12. The number of alkyl halides is 1. The van der Waals surface area contributed by atoms with Crippen molar-refractivity contribution in [1.29, 1.82) is 0 Å². The highest BCUT2D eigenvalue weighted by Crippen LogP contribution is 2.10. The summed E-state index contributed by atoms with van der Waals surface area (Å²) in [5.74, 6) is 0.923. The molecule has 32 heavy (non-hydrogen) atoms. The molecule has 2 fully saturated rings. The second-order valence-electron chi connectivity index (χ2n) is 7.83. The summed E-state index contributed by atoms with van der Waals surface area (Å²) in [4.78, 5) is 0. The van der Waals surface area contributed by atoms with Crippen molar-refractivity contribution >= 4 is 15.9 Å². The molecule has 0 aromatic rings. The number of halogens is 1. The smallest absolute Gasteiger partial charge is 0.0807 e. The van der Waals surface area contributed by atoms with Gasteiger partial charge in [0, 0.05) is 18.5 Å². The van der Waals surface area contributed by atoms with Gasteiger partial charge in [-0.15, -0.1) is 6.61 Å². The van der Waals surface area contributed by atoms with Crippen LogP contribution < -0.4 is 5.11 Å². The van der Waals surface area contributed by atoms with Crippen LogP contribution >= 0.6 is 15.9 Å². The summed E-state index contributed by atoms with van der Waals surface area (Å²) < 4.78 is 25.7. The molecule has 0 aromatic carbocycles. The minimum absolute atomic E-state index is 0. The Bertz CT molecular complexity index is 295. The van der Waals surface area contributed by atoms with Crippen LogP contribution in [-0.4, -0.2) is 77.0 Å². The lowest BCUT2D eigenvalue weighted by Crippen LogP contribution is -2.20. The van der Waals surface area contributed by atoms with E-state index in [1.165, 1.54) is 6.42 Å². The third-order valence-corrected chi connectivity index (χ3v) is 3.38.